The molecule has 0 aliphatic carbocycles. The van der Waals surface area contributed by atoms with Gasteiger partial charge in [-0.05, 0) is 0 Å². The van der Waals surface area contributed by atoms with Crippen LogP contribution in [0.3, 0.4) is 0 Å². The second kappa shape index (κ2) is 3.50. The average molecular weight is 260 g/mol. The van der Waals surface area contributed by atoms with Crippen LogP contribution in [0.25, 0.3) is 0 Å². The first-order valence-electron chi connectivity index (χ1n) is 3.48. The van der Waals surface area contributed by atoms with E-state index in [0.29, 0.717) is 14.4 Å². The summed E-state index contributed by atoms with van der Waals surface area (Å²) < 4.78 is 1.79. The van der Waals surface area contributed by atoms with Crippen LogP contribution in [0, 0.1) is 0 Å². The van der Waals surface area contributed by atoms with Crippen LogP contribution in [-0.2, 0) is 0 Å². The van der Waals surface area contributed by atoms with Crippen molar-refractivity contribution in [3.63, 3.8) is 0 Å². The van der Waals surface area contributed by atoms with E-state index < -0.39 is 8.07 Å². The number of halogens is 3. The molecular weight excluding hydrogens is 251 g/mol. The molecule has 0 fully saturated rings. The van der Waals surface area contributed by atoms with E-state index >= 15 is 0 Å². The minimum Gasteiger partial charge on any atom is -0.130 e. The minimum atomic E-state index is -1.37. The van der Waals surface area contributed by atoms with E-state index in [-0.39, 0.29) is 0 Å². The number of rotatable bonds is 1. The Hall–Kier alpha value is 0.787. The first-order valence-corrected chi connectivity index (χ1v) is 8.93. The summed E-state index contributed by atoms with van der Waals surface area (Å²) in [6, 6.07) is 0. The molecule has 0 atom stereocenters. The monoisotopic (exact) mass is 258 g/mol. The zero-order valence-corrected chi connectivity index (χ0v) is 11.1. The molecule has 1 aromatic heterocycles. The Morgan fingerprint density at radius 1 is 1.00 bits per heavy atom. The Morgan fingerprint density at radius 3 is 1.67 bits per heavy atom. The minimum absolute atomic E-state index is 0.515. The van der Waals surface area contributed by atoms with Crippen LogP contribution in [0.15, 0.2) is 0 Å². The highest BCUT2D eigenvalue weighted by Crippen LogP contribution is 2.35. The fraction of sp³-hybridized carbons (Fsp3) is 0.429. The van der Waals surface area contributed by atoms with Gasteiger partial charge < -0.3 is 0 Å². The Bertz CT molecular complexity index is 300. The smallest absolute Gasteiger partial charge is 0.113 e. The standard InChI is InChI=1S/C7H9Cl3SSi/c1-12(2,3)7-5(9)4(8)6(10)11-7/h1-3H3. The van der Waals surface area contributed by atoms with Gasteiger partial charge >= 0.3 is 0 Å². The van der Waals surface area contributed by atoms with Crippen LogP contribution in [0.4, 0.5) is 0 Å². The lowest BCUT2D eigenvalue weighted by atomic mass is 10.6. The van der Waals surface area contributed by atoms with Gasteiger partial charge in [0, 0.05) is 4.50 Å². The molecule has 0 amide bonds. The molecule has 1 rings (SSSR count). The summed E-state index contributed by atoms with van der Waals surface area (Å²) in [6.45, 7) is 6.66. The lowest BCUT2D eigenvalue weighted by molar-refractivity contribution is 1.78. The summed E-state index contributed by atoms with van der Waals surface area (Å²) in [5.74, 6) is 0. The van der Waals surface area contributed by atoms with Gasteiger partial charge in [0.2, 0.25) is 0 Å². The molecule has 0 nitrogen and oxygen atoms in total. The van der Waals surface area contributed by atoms with Crippen molar-refractivity contribution in [1.82, 2.24) is 0 Å². The molecule has 0 aliphatic rings. The molecule has 0 N–H and O–H groups in total. The Morgan fingerprint density at radius 2 is 1.50 bits per heavy atom. The first kappa shape index (κ1) is 10.9. The van der Waals surface area contributed by atoms with Crippen LogP contribution < -0.4 is 4.50 Å². The topological polar surface area (TPSA) is 0 Å². The third-order valence-electron chi connectivity index (χ3n) is 1.44. The molecule has 0 spiro atoms. The predicted molar refractivity (Wildman–Crippen MR) is 62.3 cm³/mol. The predicted octanol–water partition coefficient (Wildman–Crippen LogP) is 4.25. The van der Waals surface area contributed by atoms with Gasteiger partial charge in [-0.2, -0.15) is 0 Å². The van der Waals surface area contributed by atoms with Crippen LogP contribution in [0.5, 0.6) is 0 Å². The van der Waals surface area contributed by atoms with Gasteiger partial charge in [0.05, 0.1) is 18.1 Å². The molecular formula is C7H9Cl3SSi. The van der Waals surface area contributed by atoms with Crippen LogP contribution in [0.1, 0.15) is 0 Å². The fourth-order valence-electron chi connectivity index (χ4n) is 0.848. The normalized spacial score (nSPS) is 12.2. The number of thiophene rings is 1. The Balaban J connectivity index is 3.28. The summed E-state index contributed by atoms with van der Waals surface area (Å²) >= 11 is 19.3. The summed E-state index contributed by atoms with van der Waals surface area (Å²) in [5.41, 5.74) is 0. The zero-order valence-electron chi connectivity index (χ0n) is 7.04. The maximum Gasteiger partial charge on any atom is 0.113 e. The number of hydrogen-bond acceptors (Lipinski definition) is 1. The average Bonchev–Trinajstić information content (AvgIpc) is 2.15. The Kier molecular flexibility index (Phi) is 3.17. The number of hydrogen-bond donors (Lipinski definition) is 0. The molecule has 0 radical (unpaired) electrons. The largest absolute Gasteiger partial charge is 0.130 e. The van der Waals surface area contributed by atoms with Crippen molar-refractivity contribution in [3.05, 3.63) is 14.4 Å². The SMILES string of the molecule is C[Si](C)(C)c1sc(Cl)c(Cl)c1Cl. The quantitative estimate of drug-likeness (QED) is 0.661. The van der Waals surface area contributed by atoms with Gasteiger partial charge in [-0.1, -0.05) is 54.4 Å². The maximum atomic E-state index is 6.03. The highest BCUT2D eigenvalue weighted by atomic mass is 35.5. The van der Waals surface area contributed by atoms with Crippen LogP contribution in [-0.4, -0.2) is 8.07 Å². The van der Waals surface area contributed by atoms with Crippen LogP contribution in [0.2, 0.25) is 34.0 Å². The van der Waals surface area contributed by atoms with Crippen LogP contribution >= 0.6 is 46.1 Å². The van der Waals surface area contributed by atoms with Gasteiger partial charge in [0.15, 0.2) is 0 Å². The molecule has 5 heteroatoms. The van der Waals surface area contributed by atoms with E-state index in [1.54, 1.807) is 0 Å². The van der Waals surface area contributed by atoms with E-state index in [1.165, 1.54) is 15.8 Å². The van der Waals surface area contributed by atoms with Gasteiger partial charge in [0.25, 0.3) is 0 Å². The van der Waals surface area contributed by atoms with Crippen molar-refractivity contribution >= 4 is 58.7 Å². The third kappa shape index (κ3) is 1.99. The van der Waals surface area contributed by atoms with Crippen molar-refractivity contribution in [2.24, 2.45) is 0 Å². The van der Waals surface area contributed by atoms with Gasteiger partial charge in [-0.25, -0.2) is 0 Å². The second-order valence-electron chi connectivity index (χ2n) is 3.58. The summed E-state index contributed by atoms with van der Waals surface area (Å²) in [5, 5.41) is 1.17. The molecule has 1 aromatic rings. The lowest BCUT2D eigenvalue weighted by Crippen LogP contribution is -2.35. The molecule has 0 aromatic carbocycles. The molecule has 0 unspecified atom stereocenters. The molecule has 0 saturated heterocycles. The van der Waals surface area contributed by atoms with E-state index in [0.717, 1.165) is 0 Å². The van der Waals surface area contributed by atoms with Crippen molar-refractivity contribution in [2.75, 3.05) is 0 Å². The highest BCUT2D eigenvalue weighted by molar-refractivity contribution is 7.30. The Labute approximate surface area is 92.5 Å². The van der Waals surface area contributed by atoms with E-state index in [9.17, 15) is 0 Å². The summed E-state index contributed by atoms with van der Waals surface area (Å²) in [7, 11) is -1.37. The maximum absolute atomic E-state index is 6.03. The molecule has 1 heterocycles. The molecule has 0 saturated carbocycles. The van der Waals surface area contributed by atoms with Crippen molar-refractivity contribution in [3.8, 4) is 0 Å². The van der Waals surface area contributed by atoms with Gasteiger partial charge in [-0.15, -0.1) is 11.3 Å². The van der Waals surface area contributed by atoms with Gasteiger partial charge in [0.1, 0.15) is 4.34 Å². The molecule has 12 heavy (non-hydrogen) atoms. The van der Waals surface area contributed by atoms with E-state index in [2.05, 4.69) is 19.6 Å². The highest BCUT2D eigenvalue weighted by Gasteiger charge is 2.25. The first-order chi connectivity index (χ1) is 5.34. The zero-order chi connectivity index (χ0) is 9.52. The molecule has 68 valence electrons. The summed E-state index contributed by atoms with van der Waals surface area (Å²) in [4.78, 5) is 0. The third-order valence-corrected chi connectivity index (χ3v) is 7.74. The van der Waals surface area contributed by atoms with Gasteiger partial charge in [-0.3, -0.25) is 0 Å². The fourth-order valence-corrected chi connectivity index (χ4v) is 5.76. The van der Waals surface area contributed by atoms with E-state index in [4.69, 9.17) is 34.8 Å². The molecule has 0 bridgehead atoms. The molecule has 0 aliphatic heterocycles. The van der Waals surface area contributed by atoms with Crippen molar-refractivity contribution in [1.29, 1.82) is 0 Å². The second-order valence-corrected chi connectivity index (χ2v) is 11.3. The van der Waals surface area contributed by atoms with Crippen molar-refractivity contribution < 1.29 is 0 Å². The lowest BCUT2D eigenvalue weighted by Gasteiger charge is -2.13. The summed E-state index contributed by atoms with van der Waals surface area (Å²) in [6.07, 6.45) is 0. The van der Waals surface area contributed by atoms with Crippen molar-refractivity contribution in [2.45, 2.75) is 19.6 Å². The van der Waals surface area contributed by atoms with E-state index in [1.807, 2.05) is 0 Å².